The maximum Gasteiger partial charge on any atom is 0.236 e. The third-order valence-electron chi connectivity index (χ3n) is 5.72. The zero-order chi connectivity index (χ0) is 24.4. The van der Waals surface area contributed by atoms with E-state index in [0.717, 1.165) is 43.4 Å². The van der Waals surface area contributed by atoms with E-state index >= 15 is 0 Å². The number of nitrogen functional groups attached to an aromatic ring is 1. The lowest BCUT2D eigenvalue weighted by molar-refractivity contribution is 0.312. The van der Waals surface area contributed by atoms with Crippen molar-refractivity contribution in [2.24, 2.45) is 0 Å². The van der Waals surface area contributed by atoms with Gasteiger partial charge in [-0.2, -0.15) is 4.98 Å². The van der Waals surface area contributed by atoms with Crippen molar-refractivity contribution in [2.45, 2.75) is 0 Å². The molecule has 0 amide bonds. The lowest BCUT2D eigenvalue weighted by atomic mass is 10.2. The molecule has 4 rings (SSSR count). The highest BCUT2D eigenvalue weighted by atomic mass is 79.9. The van der Waals surface area contributed by atoms with Crippen LogP contribution in [0.25, 0.3) is 0 Å². The first kappa shape index (κ1) is 24.3. The molecule has 0 radical (unpaired) electrons. The number of ether oxygens (including phenoxy) is 1. The molecular weight excluding hydrogens is 520 g/mol. The number of benzene rings is 1. The molecule has 1 saturated heterocycles. The minimum absolute atomic E-state index is 0.324. The van der Waals surface area contributed by atoms with E-state index in [1.165, 1.54) is 0 Å². The monoisotopic (exact) mass is 546 g/mol. The fourth-order valence-corrected chi connectivity index (χ4v) is 4.36. The van der Waals surface area contributed by atoms with Crippen molar-refractivity contribution in [3.63, 3.8) is 0 Å². The largest absolute Gasteiger partial charge is 0.494 e. The predicted molar refractivity (Wildman–Crippen MR) is 142 cm³/mol. The van der Waals surface area contributed by atoms with Crippen LogP contribution in [0.5, 0.6) is 5.75 Å². The number of rotatable bonds is 6. The number of nitrogens with zero attached hydrogens (tertiary/aromatic N) is 7. The smallest absolute Gasteiger partial charge is 0.236 e. The fourth-order valence-electron chi connectivity index (χ4n) is 3.89. The van der Waals surface area contributed by atoms with Gasteiger partial charge < -0.3 is 25.2 Å². The molecule has 1 aromatic carbocycles. The molecule has 3 aromatic rings. The first-order valence-electron chi connectivity index (χ1n) is 10.8. The lowest BCUT2D eigenvalue weighted by Gasteiger charge is -2.35. The highest BCUT2D eigenvalue weighted by molar-refractivity contribution is 9.10. The van der Waals surface area contributed by atoms with Crippen LogP contribution in [-0.4, -0.2) is 74.3 Å². The molecule has 2 aromatic heterocycles. The molecule has 1 aliphatic heterocycles. The quantitative estimate of drug-likeness (QED) is 0.489. The molecule has 0 atom stereocenters. The van der Waals surface area contributed by atoms with Crippen LogP contribution in [0.15, 0.2) is 41.1 Å². The number of likely N-dealkylation sites (N-methyl/N-ethyl adjacent to an activating group) is 1. The predicted octanol–water partition coefficient (Wildman–Crippen LogP) is 4.17. The molecule has 9 nitrogen and oxygen atoms in total. The van der Waals surface area contributed by atoms with Gasteiger partial charge in [0.25, 0.3) is 0 Å². The zero-order valence-corrected chi connectivity index (χ0v) is 22.0. The molecule has 180 valence electrons. The summed E-state index contributed by atoms with van der Waals surface area (Å²) in [5.41, 5.74) is 8.51. The fraction of sp³-hybridized carbons (Fsp3) is 0.348. The van der Waals surface area contributed by atoms with Crippen molar-refractivity contribution in [3.8, 4) is 5.75 Å². The van der Waals surface area contributed by atoms with Gasteiger partial charge in [0.2, 0.25) is 5.95 Å². The van der Waals surface area contributed by atoms with Crippen molar-refractivity contribution in [1.82, 2.24) is 19.9 Å². The molecule has 0 spiro atoms. The van der Waals surface area contributed by atoms with Gasteiger partial charge in [-0.3, -0.25) is 4.90 Å². The minimum atomic E-state index is 0.324. The van der Waals surface area contributed by atoms with Crippen LogP contribution in [0.4, 0.5) is 34.6 Å². The van der Waals surface area contributed by atoms with Gasteiger partial charge in [0, 0.05) is 58.7 Å². The molecule has 0 bridgehead atoms. The summed E-state index contributed by atoms with van der Waals surface area (Å²) in [5.74, 6) is 2.06. The zero-order valence-electron chi connectivity index (χ0n) is 19.7. The second-order valence-corrected chi connectivity index (χ2v) is 9.51. The number of hydrogen-bond acceptors (Lipinski definition) is 9. The molecule has 34 heavy (non-hydrogen) atoms. The SMILES string of the molecule is COc1cc(N2CCN(C)CC2)c(Cl)cc1N(c1ncc(Br)c(N)n1)c1cccnc1N(C)C. The number of aromatic nitrogens is 3. The average Bonchev–Trinajstić information content (AvgIpc) is 2.82. The summed E-state index contributed by atoms with van der Waals surface area (Å²) < 4.78 is 6.48. The van der Waals surface area contributed by atoms with E-state index in [-0.39, 0.29) is 0 Å². The molecule has 0 unspecified atom stereocenters. The second kappa shape index (κ2) is 10.2. The van der Waals surface area contributed by atoms with Crippen molar-refractivity contribution in [3.05, 3.63) is 46.2 Å². The van der Waals surface area contributed by atoms with Crippen molar-refractivity contribution < 1.29 is 4.74 Å². The van der Waals surface area contributed by atoms with Gasteiger partial charge in [-0.1, -0.05) is 11.6 Å². The Morgan fingerprint density at radius 3 is 2.50 bits per heavy atom. The van der Waals surface area contributed by atoms with Crippen LogP contribution < -0.4 is 25.2 Å². The third-order valence-corrected chi connectivity index (χ3v) is 6.64. The number of halogens is 2. The van der Waals surface area contributed by atoms with E-state index in [4.69, 9.17) is 22.1 Å². The summed E-state index contributed by atoms with van der Waals surface area (Å²) in [7, 11) is 7.63. The highest BCUT2D eigenvalue weighted by Crippen LogP contribution is 2.46. The number of pyridine rings is 1. The van der Waals surface area contributed by atoms with Crippen molar-refractivity contribution in [2.75, 3.05) is 74.9 Å². The summed E-state index contributed by atoms with van der Waals surface area (Å²) in [6.45, 7) is 3.73. The Morgan fingerprint density at radius 2 is 1.85 bits per heavy atom. The molecule has 11 heteroatoms. The standard InChI is InChI=1S/C23H28BrClN8O/c1-30(2)22-17(6-5-7-27-22)33(23-28-14-15(24)21(26)29-23)19-12-16(25)18(13-20(19)34-4)32-10-8-31(3)9-11-32/h5-7,12-14H,8-11H2,1-4H3,(H2,26,28,29). The Hall–Kier alpha value is -2.82. The van der Waals surface area contributed by atoms with E-state index < -0.39 is 0 Å². The number of hydrogen-bond donors (Lipinski definition) is 1. The number of nitrogens with two attached hydrogens (primary N) is 1. The van der Waals surface area contributed by atoms with E-state index in [2.05, 4.69) is 47.7 Å². The molecule has 1 fully saturated rings. The average molecular weight is 548 g/mol. The third kappa shape index (κ3) is 4.84. The van der Waals surface area contributed by atoms with Gasteiger partial charge in [-0.25, -0.2) is 9.97 Å². The number of piperazine rings is 1. The van der Waals surface area contributed by atoms with Crippen LogP contribution in [0.3, 0.4) is 0 Å². The Morgan fingerprint density at radius 1 is 1.12 bits per heavy atom. The van der Waals surface area contributed by atoms with Gasteiger partial charge in [0.05, 0.1) is 33.7 Å². The molecule has 0 saturated carbocycles. The van der Waals surface area contributed by atoms with Gasteiger partial charge in [-0.05, 0) is 41.2 Å². The van der Waals surface area contributed by atoms with Crippen LogP contribution in [-0.2, 0) is 0 Å². The van der Waals surface area contributed by atoms with Gasteiger partial charge in [-0.15, -0.1) is 0 Å². The molecule has 1 aliphatic rings. The van der Waals surface area contributed by atoms with Crippen molar-refractivity contribution in [1.29, 1.82) is 0 Å². The molecular formula is C23H28BrClN8O. The first-order valence-corrected chi connectivity index (χ1v) is 12.0. The van der Waals surface area contributed by atoms with Crippen LogP contribution in [0.2, 0.25) is 5.02 Å². The Balaban J connectivity index is 1.90. The summed E-state index contributed by atoms with van der Waals surface area (Å²) >= 11 is 10.3. The topological polar surface area (TPSA) is 86.9 Å². The van der Waals surface area contributed by atoms with Crippen LogP contribution in [0, 0.1) is 0 Å². The minimum Gasteiger partial charge on any atom is -0.494 e. The molecule has 3 heterocycles. The van der Waals surface area contributed by atoms with Crippen LogP contribution >= 0.6 is 27.5 Å². The summed E-state index contributed by atoms with van der Waals surface area (Å²) in [6.07, 6.45) is 3.37. The number of anilines is 6. The van der Waals surface area contributed by atoms with E-state index in [9.17, 15) is 0 Å². The lowest BCUT2D eigenvalue weighted by Crippen LogP contribution is -2.44. The summed E-state index contributed by atoms with van der Waals surface area (Å²) in [6, 6.07) is 7.68. The van der Waals surface area contributed by atoms with Gasteiger partial charge >= 0.3 is 0 Å². The van der Waals surface area contributed by atoms with Gasteiger partial charge in [0.1, 0.15) is 11.6 Å². The van der Waals surface area contributed by atoms with E-state index in [1.54, 1.807) is 19.5 Å². The number of methoxy groups -OCH3 is 1. The molecule has 2 N–H and O–H groups in total. The maximum atomic E-state index is 6.87. The summed E-state index contributed by atoms with van der Waals surface area (Å²) in [5, 5.41) is 0.616. The van der Waals surface area contributed by atoms with E-state index in [0.29, 0.717) is 32.7 Å². The first-order chi connectivity index (χ1) is 16.3. The Bertz CT molecular complexity index is 1170. The van der Waals surface area contributed by atoms with Crippen LogP contribution in [0.1, 0.15) is 0 Å². The Kier molecular flexibility index (Phi) is 7.30. The highest BCUT2D eigenvalue weighted by Gasteiger charge is 2.26. The normalized spacial score (nSPS) is 14.2. The Labute approximate surface area is 213 Å². The van der Waals surface area contributed by atoms with Crippen molar-refractivity contribution >= 4 is 62.2 Å². The maximum absolute atomic E-state index is 6.87. The van der Waals surface area contributed by atoms with Gasteiger partial charge in [0.15, 0.2) is 5.82 Å². The second-order valence-electron chi connectivity index (χ2n) is 8.24. The summed E-state index contributed by atoms with van der Waals surface area (Å²) in [4.78, 5) is 22.0. The molecule has 0 aliphatic carbocycles. The van der Waals surface area contributed by atoms with E-state index in [1.807, 2.05) is 48.2 Å².